The Balaban J connectivity index is 2.78. The maximum atomic E-state index is 11.2. The molecule has 1 aliphatic rings. The van der Waals surface area contributed by atoms with Gasteiger partial charge in [-0.25, -0.2) is 0 Å². The molecule has 0 heterocycles. The smallest absolute Gasteiger partial charge is 0.165 e. The number of aliphatic hydroxyl groups is 2. The number of hydrogen-bond acceptors (Lipinski definition) is 3. The van der Waals surface area contributed by atoms with Gasteiger partial charge in [0, 0.05) is 12.0 Å². The van der Waals surface area contributed by atoms with E-state index < -0.39 is 6.10 Å². The zero-order chi connectivity index (χ0) is 10.0. The molecule has 0 aliphatic heterocycles. The van der Waals surface area contributed by atoms with E-state index in [1.54, 1.807) is 0 Å². The lowest BCUT2D eigenvalue weighted by atomic mass is 10.1. The SMILES string of the molecule is CC(C)=CCC1=C(O)C(O)CC1=O. The molecule has 13 heavy (non-hydrogen) atoms. The van der Waals surface area contributed by atoms with Crippen molar-refractivity contribution in [2.45, 2.75) is 32.8 Å². The first-order chi connectivity index (χ1) is 6.02. The fraction of sp³-hybridized carbons (Fsp3) is 0.500. The Morgan fingerprint density at radius 2 is 2.23 bits per heavy atom. The number of carbonyl (C=O) groups excluding carboxylic acids is 1. The quantitative estimate of drug-likeness (QED) is 0.636. The summed E-state index contributed by atoms with van der Waals surface area (Å²) in [6.45, 7) is 3.85. The van der Waals surface area contributed by atoms with Gasteiger partial charge in [0.2, 0.25) is 0 Å². The first-order valence-electron chi connectivity index (χ1n) is 4.29. The molecule has 1 unspecified atom stereocenters. The monoisotopic (exact) mass is 182 g/mol. The maximum Gasteiger partial charge on any atom is 0.165 e. The molecule has 0 aromatic carbocycles. The highest BCUT2D eigenvalue weighted by atomic mass is 16.3. The van der Waals surface area contributed by atoms with E-state index >= 15 is 0 Å². The molecule has 0 spiro atoms. The highest BCUT2D eigenvalue weighted by Gasteiger charge is 2.29. The third-order valence-electron chi connectivity index (χ3n) is 2.05. The Bertz CT molecular complexity index is 283. The molecule has 0 aromatic rings. The van der Waals surface area contributed by atoms with Crippen molar-refractivity contribution < 1.29 is 15.0 Å². The third-order valence-corrected chi connectivity index (χ3v) is 2.05. The van der Waals surface area contributed by atoms with Crippen LogP contribution in [0.3, 0.4) is 0 Å². The number of Topliss-reactive ketones (excluding diaryl/α,β-unsaturated/α-hetero) is 1. The van der Waals surface area contributed by atoms with E-state index in [1.165, 1.54) is 0 Å². The Morgan fingerprint density at radius 3 is 2.62 bits per heavy atom. The minimum Gasteiger partial charge on any atom is -0.509 e. The Kier molecular flexibility index (Phi) is 2.88. The van der Waals surface area contributed by atoms with Gasteiger partial charge in [0.25, 0.3) is 0 Å². The number of rotatable bonds is 2. The number of hydrogen-bond donors (Lipinski definition) is 2. The van der Waals surface area contributed by atoms with Crippen molar-refractivity contribution >= 4 is 5.78 Å². The predicted octanol–water partition coefficient (Wildman–Crippen LogP) is 1.49. The molecule has 1 atom stereocenters. The van der Waals surface area contributed by atoms with Crippen LogP contribution < -0.4 is 0 Å². The highest BCUT2D eigenvalue weighted by molar-refractivity contribution is 5.99. The van der Waals surface area contributed by atoms with Gasteiger partial charge < -0.3 is 10.2 Å². The van der Waals surface area contributed by atoms with Gasteiger partial charge in [-0.3, -0.25) is 4.79 Å². The number of aliphatic hydroxyl groups excluding tert-OH is 2. The van der Waals surface area contributed by atoms with Crippen molar-refractivity contribution in [3.05, 3.63) is 23.0 Å². The number of ketones is 1. The summed E-state index contributed by atoms with van der Waals surface area (Å²) in [7, 11) is 0. The van der Waals surface area contributed by atoms with Crippen LogP contribution in [0.1, 0.15) is 26.7 Å². The summed E-state index contributed by atoms with van der Waals surface area (Å²) in [5.41, 5.74) is 1.45. The van der Waals surface area contributed by atoms with Crippen LogP contribution in [0.2, 0.25) is 0 Å². The van der Waals surface area contributed by atoms with Crippen molar-refractivity contribution in [1.82, 2.24) is 0 Å². The topological polar surface area (TPSA) is 57.5 Å². The zero-order valence-electron chi connectivity index (χ0n) is 7.87. The van der Waals surface area contributed by atoms with Crippen molar-refractivity contribution in [2.24, 2.45) is 0 Å². The first-order valence-corrected chi connectivity index (χ1v) is 4.29. The average molecular weight is 182 g/mol. The summed E-state index contributed by atoms with van der Waals surface area (Å²) < 4.78 is 0. The lowest BCUT2D eigenvalue weighted by molar-refractivity contribution is -0.115. The van der Waals surface area contributed by atoms with Gasteiger partial charge in [0.15, 0.2) is 5.78 Å². The molecule has 2 N–H and O–H groups in total. The summed E-state index contributed by atoms with van der Waals surface area (Å²) in [5.74, 6) is -0.301. The average Bonchev–Trinajstić information content (AvgIpc) is 2.24. The van der Waals surface area contributed by atoms with Gasteiger partial charge in [0.05, 0.1) is 0 Å². The molecule has 3 heteroatoms. The molecule has 1 rings (SSSR count). The summed E-state index contributed by atoms with van der Waals surface area (Å²) in [6, 6.07) is 0. The van der Waals surface area contributed by atoms with E-state index in [0.717, 1.165) is 5.57 Å². The van der Waals surface area contributed by atoms with E-state index in [0.29, 0.717) is 12.0 Å². The van der Waals surface area contributed by atoms with Gasteiger partial charge in [0.1, 0.15) is 11.9 Å². The van der Waals surface area contributed by atoms with Crippen LogP contribution in [0.4, 0.5) is 0 Å². The lowest BCUT2D eigenvalue weighted by Crippen LogP contribution is -2.04. The molecule has 0 aromatic heterocycles. The third kappa shape index (κ3) is 2.18. The maximum absolute atomic E-state index is 11.2. The second-order valence-corrected chi connectivity index (χ2v) is 3.49. The number of allylic oxidation sites excluding steroid dienone is 3. The van der Waals surface area contributed by atoms with E-state index in [2.05, 4.69) is 0 Å². The lowest BCUT2D eigenvalue weighted by Gasteiger charge is -1.99. The predicted molar refractivity (Wildman–Crippen MR) is 49.3 cm³/mol. The van der Waals surface area contributed by atoms with Crippen molar-refractivity contribution in [1.29, 1.82) is 0 Å². The molecule has 3 nitrogen and oxygen atoms in total. The van der Waals surface area contributed by atoms with E-state index in [1.807, 2.05) is 19.9 Å². The molecule has 0 saturated heterocycles. The summed E-state index contributed by atoms with van der Waals surface area (Å²) in [5, 5.41) is 18.5. The normalized spacial score (nSPS) is 22.4. The zero-order valence-corrected chi connectivity index (χ0v) is 7.87. The van der Waals surface area contributed by atoms with Crippen LogP contribution in [0, 0.1) is 0 Å². The van der Waals surface area contributed by atoms with E-state index in [4.69, 9.17) is 5.11 Å². The van der Waals surface area contributed by atoms with Crippen LogP contribution in [0.5, 0.6) is 0 Å². The highest BCUT2D eigenvalue weighted by Crippen LogP contribution is 2.24. The fourth-order valence-electron chi connectivity index (χ4n) is 1.26. The van der Waals surface area contributed by atoms with Crippen molar-refractivity contribution in [2.75, 3.05) is 0 Å². The van der Waals surface area contributed by atoms with Crippen LogP contribution in [-0.2, 0) is 4.79 Å². The molecule has 0 saturated carbocycles. The van der Waals surface area contributed by atoms with Gasteiger partial charge >= 0.3 is 0 Å². The molecule has 0 radical (unpaired) electrons. The summed E-state index contributed by atoms with van der Waals surface area (Å²) in [6.07, 6.45) is 1.33. The largest absolute Gasteiger partial charge is 0.509 e. The number of carbonyl (C=O) groups is 1. The van der Waals surface area contributed by atoms with Gasteiger partial charge in [-0.05, 0) is 20.3 Å². The molecule has 0 bridgehead atoms. The Labute approximate surface area is 77.4 Å². The van der Waals surface area contributed by atoms with Crippen LogP contribution in [0.15, 0.2) is 23.0 Å². The second-order valence-electron chi connectivity index (χ2n) is 3.49. The second kappa shape index (κ2) is 3.75. The first kappa shape index (κ1) is 9.99. The molecule has 1 aliphatic carbocycles. The van der Waals surface area contributed by atoms with Crippen LogP contribution >= 0.6 is 0 Å². The van der Waals surface area contributed by atoms with E-state index in [-0.39, 0.29) is 18.0 Å². The van der Waals surface area contributed by atoms with Gasteiger partial charge in [-0.15, -0.1) is 0 Å². The minimum absolute atomic E-state index is 0.0256. The molecular weight excluding hydrogens is 168 g/mol. The fourth-order valence-corrected chi connectivity index (χ4v) is 1.26. The summed E-state index contributed by atoms with van der Waals surface area (Å²) in [4.78, 5) is 11.2. The van der Waals surface area contributed by atoms with Gasteiger partial charge in [-0.2, -0.15) is 0 Å². The van der Waals surface area contributed by atoms with Crippen molar-refractivity contribution in [3.63, 3.8) is 0 Å². The van der Waals surface area contributed by atoms with Gasteiger partial charge in [-0.1, -0.05) is 11.6 Å². The minimum atomic E-state index is -0.979. The molecular formula is C10H14O3. The van der Waals surface area contributed by atoms with Crippen LogP contribution in [0.25, 0.3) is 0 Å². The molecule has 0 amide bonds. The van der Waals surface area contributed by atoms with E-state index in [9.17, 15) is 9.90 Å². The standard InChI is InChI=1S/C10H14O3/c1-6(2)3-4-7-8(11)5-9(12)10(7)13/h3,9,12-13H,4-5H2,1-2H3. The Hall–Kier alpha value is -1.09. The Morgan fingerprint density at radius 1 is 1.62 bits per heavy atom. The van der Waals surface area contributed by atoms with Crippen LogP contribution in [-0.4, -0.2) is 22.1 Å². The molecule has 72 valence electrons. The molecule has 0 fully saturated rings. The summed E-state index contributed by atoms with van der Waals surface area (Å²) >= 11 is 0. The van der Waals surface area contributed by atoms with Crippen molar-refractivity contribution in [3.8, 4) is 0 Å².